The van der Waals surface area contributed by atoms with Gasteiger partial charge in [-0.1, -0.05) is 6.07 Å². The zero-order valence-corrected chi connectivity index (χ0v) is 9.67. The molecule has 2 atom stereocenters. The number of aliphatic hydroxyl groups is 1. The van der Waals surface area contributed by atoms with Crippen LogP contribution >= 0.6 is 0 Å². The summed E-state index contributed by atoms with van der Waals surface area (Å²) in [7, 11) is 1.30. The molecular weight excluding hydrogens is 224 g/mol. The third-order valence-electron chi connectivity index (χ3n) is 2.78. The van der Waals surface area contributed by atoms with Gasteiger partial charge in [-0.2, -0.15) is 0 Å². The van der Waals surface area contributed by atoms with Crippen molar-refractivity contribution in [1.29, 1.82) is 0 Å². The monoisotopic (exact) mass is 238 g/mol. The Morgan fingerprint density at radius 2 is 2.12 bits per heavy atom. The van der Waals surface area contributed by atoms with Crippen LogP contribution in [0.3, 0.4) is 0 Å². The fourth-order valence-electron chi connectivity index (χ4n) is 1.70. The second-order valence-electron chi connectivity index (χ2n) is 3.87. The molecule has 5 heteroatoms. The van der Waals surface area contributed by atoms with E-state index in [9.17, 15) is 9.90 Å². The van der Waals surface area contributed by atoms with E-state index in [1.165, 1.54) is 7.11 Å². The lowest BCUT2D eigenvalue weighted by Gasteiger charge is -2.17. The predicted molar refractivity (Wildman–Crippen MR) is 58.7 cm³/mol. The predicted octanol–water partition coefficient (Wildman–Crippen LogP) is 1.26. The van der Waals surface area contributed by atoms with E-state index in [0.717, 1.165) is 0 Å². The first kappa shape index (κ1) is 11.7. The number of methoxy groups -OCH3 is 1. The van der Waals surface area contributed by atoms with Crippen LogP contribution in [-0.2, 0) is 9.53 Å². The Morgan fingerprint density at radius 1 is 1.41 bits per heavy atom. The molecule has 0 fully saturated rings. The lowest BCUT2D eigenvalue weighted by molar-refractivity contribution is -0.148. The van der Waals surface area contributed by atoms with E-state index in [2.05, 4.69) is 4.74 Å². The molecule has 1 heterocycles. The summed E-state index contributed by atoms with van der Waals surface area (Å²) in [4.78, 5) is 11.3. The highest BCUT2D eigenvalue weighted by molar-refractivity contribution is 5.72. The van der Waals surface area contributed by atoms with Gasteiger partial charge in [-0.3, -0.25) is 4.79 Å². The van der Waals surface area contributed by atoms with Gasteiger partial charge in [0.25, 0.3) is 0 Å². The van der Waals surface area contributed by atoms with Crippen molar-refractivity contribution in [3.8, 4) is 11.5 Å². The maximum absolute atomic E-state index is 11.3. The van der Waals surface area contributed by atoms with Crippen molar-refractivity contribution in [2.75, 3.05) is 13.9 Å². The SMILES string of the molecule is COC(=O)[C@@H](C)[C@H](O)c1ccc2c(c1)OCO2. The summed E-state index contributed by atoms with van der Waals surface area (Å²) >= 11 is 0. The summed E-state index contributed by atoms with van der Waals surface area (Å²) in [6.45, 7) is 1.79. The summed E-state index contributed by atoms with van der Waals surface area (Å²) in [5.74, 6) is 0.154. The van der Waals surface area contributed by atoms with Crippen LogP contribution in [-0.4, -0.2) is 25.0 Å². The number of carbonyl (C=O) groups is 1. The molecule has 0 amide bonds. The Hall–Kier alpha value is -1.75. The van der Waals surface area contributed by atoms with Crippen molar-refractivity contribution in [3.63, 3.8) is 0 Å². The first-order valence-electron chi connectivity index (χ1n) is 5.29. The maximum Gasteiger partial charge on any atom is 0.311 e. The van der Waals surface area contributed by atoms with Crippen molar-refractivity contribution in [2.45, 2.75) is 13.0 Å². The number of fused-ring (bicyclic) bond motifs is 1. The van der Waals surface area contributed by atoms with Gasteiger partial charge in [0.15, 0.2) is 11.5 Å². The summed E-state index contributed by atoms with van der Waals surface area (Å²) < 4.78 is 15.0. The number of hydrogen-bond donors (Lipinski definition) is 1. The maximum atomic E-state index is 11.3. The van der Waals surface area contributed by atoms with Gasteiger partial charge in [-0.25, -0.2) is 0 Å². The van der Waals surface area contributed by atoms with Gasteiger partial charge in [0, 0.05) is 0 Å². The van der Waals surface area contributed by atoms with Crippen molar-refractivity contribution in [1.82, 2.24) is 0 Å². The molecule has 0 radical (unpaired) electrons. The van der Waals surface area contributed by atoms with Gasteiger partial charge >= 0.3 is 5.97 Å². The minimum Gasteiger partial charge on any atom is -0.469 e. The summed E-state index contributed by atoms with van der Waals surface area (Å²) in [6, 6.07) is 5.09. The van der Waals surface area contributed by atoms with E-state index < -0.39 is 18.0 Å². The van der Waals surface area contributed by atoms with Crippen LogP contribution in [0.1, 0.15) is 18.6 Å². The molecule has 0 saturated heterocycles. The molecule has 1 aliphatic heterocycles. The van der Waals surface area contributed by atoms with Gasteiger partial charge in [0.2, 0.25) is 6.79 Å². The van der Waals surface area contributed by atoms with Gasteiger partial charge in [0.05, 0.1) is 19.1 Å². The van der Waals surface area contributed by atoms with E-state index in [1.54, 1.807) is 25.1 Å². The van der Waals surface area contributed by atoms with Gasteiger partial charge in [0.1, 0.15) is 0 Å². The lowest BCUT2D eigenvalue weighted by atomic mass is 9.97. The summed E-state index contributed by atoms with van der Waals surface area (Å²) in [6.07, 6.45) is -0.919. The normalized spacial score (nSPS) is 16.4. The minimum absolute atomic E-state index is 0.182. The third kappa shape index (κ3) is 2.19. The Morgan fingerprint density at radius 3 is 2.82 bits per heavy atom. The first-order valence-corrected chi connectivity index (χ1v) is 5.29. The Kier molecular flexibility index (Phi) is 3.19. The molecule has 1 aromatic rings. The molecule has 2 rings (SSSR count). The van der Waals surface area contributed by atoms with Crippen molar-refractivity contribution >= 4 is 5.97 Å². The van der Waals surface area contributed by atoms with Crippen LogP contribution in [0, 0.1) is 5.92 Å². The molecule has 1 aliphatic rings. The molecule has 1 N–H and O–H groups in total. The van der Waals surface area contributed by atoms with Gasteiger partial charge in [-0.15, -0.1) is 0 Å². The number of benzene rings is 1. The average Bonchev–Trinajstić information content (AvgIpc) is 2.83. The molecule has 0 aliphatic carbocycles. The number of aliphatic hydroxyl groups excluding tert-OH is 1. The number of carbonyl (C=O) groups excluding carboxylic acids is 1. The van der Waals surface area contributed by atoms with Gasteiger partial charge in [-0.05, 0) is 24.6 Å². The Bertz CT molecular complexity index is 429. The molecule has 0 saturated carbocycles. The van der Waals surface area contributed by atoms with Crippen LogP contribution < -0.4 is 9.47 Å². The second kappa shape index (κ2) is 4.63. The molecule has 5 nitrogen and oxygen atoms in total. The Labute approximate surface area is 98.9 Å². The van der Waals surface area contributed by atoms with E-state index >= 15 is 0 Å². The van der Waals surface area contributed by atoms with Crippen LogP contribution in [0.2, 0.25) is 0 Å². The smallest absolute Gasteiger partial charge is 0.311 e. The molecule has 0 unspecified atom stereocenters. The zero-order chi connectivity index (χ0) is 12.4. The minimum atomic E-state index is -0.919. The second-order valence-corrected chi connectivity index (χ2v) is 3.87. The fraction of sp³-hybridized carbons (Fsp3) is 0.417. The van der Waals surface area contributed by atoms with Crippen LogP contribution in [0.25, 0.3) is 0 Å². The number of ether oxygens (including phenoxy) is 3. The van der Waals surface area contributed by atoms with Crippen LogP contribution in [0.4, 0.5) is 0 Å². The number of esters is 1. The molecule has 0 spiro atoms. The first-order chi connectivity index (χ1) is 8.13. The molecule has 92 valence electrons. The van der Waals surface area contributed by atoms with Crippen LogP contribution in [0.15, 0.2) is 18.2 Å². The quantitative estimate of drug-likeness (QED) is 0.803. The van der Waals surface area contributed by atoms with Gasteiger partial charge < -0.3 is 19.3 Å². The van der Waals surface area contributed by atoms with E-state index in [4.69, 9.17) is 9.47 Å². The Balaban J connectivity index is 2.19. The highest BCUT2D eigenvalue weighted by Gasteiger charge is 2.25. The zero-order valence-electron chi connectivity index (χ0n) is 9.67. The topological polar surface area (TPSA) is 65.0 Å². The summed E-state index contributed by atoms with van der Waals surface area (Å²) in [5, 5.41) is 10.0. The number of rotatable bonds is 3. The number of hydrogen-bond acceptors (Lipinski definition) is 5. The lowest BCUT2D eigenvalue weighted by Crippen LogP contribution is -2.20. The molecule has 0 bridgehead atoms. The van der Waals surface area contributed by atoms with Crippen molar-refractivity contribution < 1.29 is 24.1 Å². The largest absolute Gasteiger partial charge is 0.469 e. The molecule has 17 heavy (non-hydrogen) atoms. The third-order valence-corrected chi connectivity index (χ3v) is 2.78. The highest BCUT2D eigenvalue weighted by Crippen LogP contribution is 2.35. The standard InChI is InChI=1S/C12H14O5/c1-7(12(14)15-2)11(13)8-3-4-9-10(5-8)17-6-16-9/h3-5,7,11,13H,6H2,1-2H3/t7-,11-/m0/s1. The molecule has 0 aromatic heterocycles. The summed E-state index contributed by atoms with van der Waals surface area (Å²) in [5.41, 5.74) is 0.604. The van der Waals surface area contributed by atoms with Crippen molar-refractivity contribution in [2.24, 2.45) is 5.92 Å². The van der Waals surface area contributed by atoms with E-state index in [-0.39, 0.29) is 6.79 Å². The molecule has 1 aromatic carbocycles. The average molecular weight is 238 g/mol. The van der Waals surface area contributed by atoms with Crippen LogP contribution in [0.5, 0.6) is 11.5 Å². The fourth-order valence-corrected chi connectivity index (χ4v) is 1.70. The highest BCUT2D eigenvalue weighted by atomic mass is 16.7. The van der Waals surface area contributed by atoms with Crippen molar-refractivity contribution in [3.05, 3.63) is 23.8 Å². The van der Waals surface area contributed by atoms with E-state index in [0.29, 0.717) is 17.1 Å². The van der Waals surface area contributed by atoms with E-state index in [1.807, 2.05) is 0 Å². The molecular formula is C12H14O5.